The van der Waals surface area contributed by atoms with E-state index in [1.165, 1.54) is 10.4 Å². The molecule has 0 radical (unpaired) electrons. The molecule has 100 valence electrons. The largest absolute Gasteiger partial charge is 0.312 e. The van der Waals surface area contributed by atoms with Crippen LogP contribution in [0.15, 0.2) is 23.1 Å². The summed E-state index contributed by atoms with van der Waals surface area (Å²) in [5.74, 6) is -0.773. The summed E-state index contributed by atoms with van der Waals surface area (Å²) in [5.41, 5.74) is 0. The lowest BCUT2D eigenvalue weighted by Crippen LogP contribution is -2.51. The number of hydrogen-bond donors (Lipinski definition) is 1. The molecule has 4 nitrogen and oxygen atoms in total. The molecule has 0 unspecified atom stereocenters. The van der Waals surface area contributed by atoms with Gasteiger partial charge in [-0.05, 0) is 25.1 Å². The zero-order valence-corrected chi connectivity index (χ0v) is 11.4. The van der Waals surface area contributed by atoms with E-state index >= 15 is 0 Å². The Bertz CT molecular complexity index is 550. The van der Waals surface area contributed by atoms with Crippen molar-refractivity contribution in [2.75, 3.05) is 19.6 Å². The smallest absolute Gasteiger partial charge is 0.246 e. The number of rotatable bonds is 2. The lowest BCUT2D eigenvalue weighted by atomic mass is 10.3. The zero-order chi connectivity index (χ0) is 13.3. The van der Waals surface area contributed by atoms with Crippen molar-refractivity contribution in [1.82, 2.24) is 9.62 Å². The van der Waals surface area contributed by atoms with E-state index in [0.717, 1.165) is 12.1 Å². The van der Waals surface area contributed by atoms with Crippen LogP contribution in [-0.2, 0) is 10.0 Å². The van der Waals surface area contributed by atoms with Gasteiger partial charge >= 0.3 is 0 Å². The van der Waals surface area contributed by atoms with E-state index in [-0.39, 0.29) is 16.0 Å². The number of hydrogen-bond acceptors (Lipinski definition) is 3. The molecule has 1 atom stereocenters. The van der Waals surface area contributed by atoms with Crippen LogP contribution in [0.2, 0.25) is 5.02 Å². The van der Waals surface area contributed by atoms with Gasteiger partial charge in [0.25, 0.3) is 0 Å². The van der Waals surface area contributed by atoms with Gasteiger partial charge in [0, 0.05) is 30.7 Å². The number of nitrogens with zero attached hydrogens (tertiary/aromatic N) is 1. The monoisotopic (exact) mass is 292 g/mol. The fraction of sp³-hybridized carbons (Fsp3) is 0.455. The Morgan fingerprint density at radius 2 is 2.22 bits per heavy atom. The lowest BCUT2D eigenvalue weighted by molar-refractivity contribution is 0.309. The molecule has 0 aliphatic carbocycles. The van der Waals surface area contributed by atoms with E-state index in [1.807, 2.05) is 6.92 Å². The van der Waals surface area contributed by atoms with Crippen LogP contribution in [0.1, 0.15) is 6.92 Å². The normalized spacial score (nSPS) is 22.1. The van der Waals surface area contributed by atoms with E-state index in [2.05, 4.69) is 5.32 Å². The Morgan fingerprint density at radius 3 is 2.89 bits per heavy atom. The first-order chi connectivity index (χ1) is 8.41. The summed E-state index contributed by atoms with van der Waals surface area (Å²) in [6.07, 6.45) is 0. The number of sulfonamides is 1. The molecule has 1 fully saturated rings. The zero-order valence-electron chi connectivity index (χ0n) is 9.86. The van der Waals surface area contributed by atoms with Gasteiger partial charge in [-0.1, -0.05) is 11.6 Å². The average molecular weight is 293 g/mol. The molecular weight excluding hydrogens is 279 g/mol. The van der Waals surface area contributed by atoms with Crippen LogP contribution in [0.25, 0.3) is 0 Å². The van der Waals surface area contributed by atoms with Crippen LogP contribution < -0.4 is 5.32 Å². The maximum absolute atomic E-state index is 13.6. The first kappa shape index (κ1) is 13.7. The van der Waals surface area contributed by atoms with Crippen LogP contribution in [0.4, 0.5) is 4.39 Å². The predicted molar refractivity (Wildman–Crippen MR) is 67.6 cm³/mol. The van der Waals surface area contributed by atoms with Gasteiger partial charge in [0.15, 0.2) is 0 Å². The SMILES string of the molecule is C[C@@H]1CN(S(=O)(=O)c2cc(Cl)ccc2F)CCN1. The van der Waals surface area contributed by atoms with Gasteiger partial charge in [-0.15, -0.1) is 0 Å². The van der Waals surface area contributed by atoms with Crippen LogP contribution in [0.3, 0.4) is 0 Å². The van der Waals surface area contributed by atoms with Crippen molar-refractivity contribution < 1.29 is 12.8 Å². The molecule has 7 heteroatoms. The third-order valence-electron chi connectivity index (χ3n) is 2.84. The highest BCUT2D eigenvalue weighted by Crippen LogP contribution is 2.23. The minimum Gasteiger partial charge on any atom is -0.312 e. The van der Waals surface area contributed by atoms with Crippen LogP contribution in [-0.4, -0.2) is 38.4 Å². The van der Waals surface area contributed by atoms with Crippen molar-refractivity contribution in [1.29, 1.82) is 0 Å². The first-order valence-corrected chi connectivity index (χ1v) is 7.41. The molecule has 1 aliphatic rings. The summed E-state index contributed by atoms with van der Waals surface area (Å²) in [7, 11) is -3.81. The van der Waals surface area contributed by atoms with E-state index < -0.39 is 15.8 Å². The topological polar surface area (TPSA) is 49.4 Å². The molecule has 1 saturated heterocycles. The molecule has 1 aromatic carbocycles. The Kier molecular flexibility index (Phi) is 3.91. The minimum absolute atomic E-state index is 0.0516. The highest BCUT2D eigenvalue weighted by molar-refractivity contribution is 7.89. The summed E-state index contributed by atoms with van der Waals surface area (Å²) in [6.45, 7) is 3.10. The Balaban J connectivity index is 2.38. The van der Waals surface area contributed by atoms with E-state index in [9.17, 15) is 12.8 Å². The highest BCUT2D eigenvalue weighted by atomic mass is 35.5. The second-order valence-corrected chi connectivity index (χ2v) is 6.64. The Hall–Kier alpha value is -0.690. The van der Waals surface area contributed by atoms with Gasteiger partial charge in [0.05, 0.1) is 0 Å². The molecule has 1 aliphatic heterocycles. The number of piperazine rings is 1. The van der Waals surface area contributed by atoms with Crippen LogP contribution in [0, 0.1) is 5.82 Å². The summed E-state index contributed by atoms with van der Waals surface area (Å²) in [4.78, 5) is -0.357. The van der Waals surface area contributed by atoms with E-state index in [0.29, 0.717) is 19.6 Å². The van der Waals surface area contributed by atoms with Gasteiger partial charge in [0.2, 0.25) is 10.0 Å². The van der Waals surface area contributed by atoms with Crippen molar-refractivity contribution >= 4 is 21.6 Å². The molecule has 18 heavy (non-hydrogen) atoms. The van der Waals surface area contributed by atoms with Gasteiger partial charge < -0.3 is 5.32 Å². The van der Waals surface area contributed by atoms with Crippen molar-refractivity contribution in [3.05, 3.63) is 29.0 Å². The molecule has 1 N–H and O–H groups in total. The maximum atomic E-state index is 13.6. The maximum Gasteiger partial charge on any atom is 0.246 e. The summed E-state index contributed by atoms with van der Waals surface area (Å²) >= 11 is 5.73. The second-order valence-electron chi connectivity index (χ2n) is 4.29. The van der Waals surface area contributed by atoms with E-state index in [1.54, 1.807) is 0 Å². The van der Waals surface area contributed by atoms with Gasteiger partial charge in [-0.3, -0.25) is 0 Å². The summed E-state index contributed by atoms with van der Waals surface area (Å²) < 4.78 is 39.5. The molecule has 0 bridgehead atoms. The Morgan fingerprint density at radius 1 is 1.50 bits per heavy atom. The molecule has 0 spiro atoms. The number of halogens is 2. The first-order valence-electron chi connectivity index (χ1n) is 5.60. The van der Waals surface area contributed by atoms with Crippen molar-refractivity contribution in [2.45, 2.75) is 17.9 Å². The fourth-order valence-electron chi connectivity index (χ4n) is 1.93. The predicted octanol–water partition coefficient (Wildman–Crippen LogP) is 1.46. The summed E-state index contributed by atoms with van der Waals surface area (Å²) in [5, 5.41) is 3.34. The molecule has 1 aromatic rings. The molecule has 0 amide bonds. The summed E-state index contributed by atoms with van der Waals surface area (Å²) in [6, 6.07) is 3.60. The molecule has 0 aromatic heterocycles. The third-order valence-corrected chi connectivity index (χ3v) is 4.96. The molecule has 1 heterocycles. The standard InChI is InChI=1S/C11H14ClFN2O2S/c1-8-7-15(5-4-14-8)18(16,17)11-6-9(12)2-3-10(11)13/h2-3,6,8,14H,4-5,7H2,1H3/t8-/m1/s1. The average Bonchev–Trinajstić information content (AvgIpc) is 2.32. The van der Waals surface area contributed by atoms with Crippen molar-refractivity contribution in [2.24, 2.45) is 0 Å². The Labute approximate surface area is 111 Å². The number of nitrogens with one attached hydrogen (secondary N) is 1. The quantitative estimate of drug-likeness (QED) is 0.898. The van der Waals surface area contributed by atoms with E-state index in [4.69, 9.17) is 11.6 Å². The van der Waals surface area contributed by atoms with Gasteiger partial charge in [0.1, 0.15) is 10.7 Å². The minimum atomic E-state index is -3.81. The van der Waals surface area contributed by atoms with Gasteiger partial charge in [-0.2, -0.15) is 4.31 Å². The van der Waals surface area contributed by atoms with Crippen molar-refractivity contribution in [3.63, 3.8) is 0 Å². The second kappa shape index (κ2) is 5.13. The van der Waals surface area contributed by atoms with Crippen LogP contribution in [0.5, 0.6) is 0 Å². The molecule has 2 rings (SSSR count). The van der Waals surface area contributed by atoms with Crippen molar-refractivity contribution in [3.8, 4) is 0 Å². The lowest BCUT2D eigenvalue weighted by Gasteiger charge is -2.31. The highest BCUT2D eigenvalue weighted by Gasteiger charge is 2.30. The van der Waals surface area contributed by atoms with Crippen LogP contribution >= 0.6 is 11.6 Å². The molecular formula is C11H14ClFN2O2S. The third kappa shape index (κ3) is 2.66. The molecule has 0 saturated carbocycles. The van der Waals surface area contributed by atoms with Gasteiger partial charge in [-0.25, -0.2) is 12.8 Å². The fourth-order valence-corrected chi connectivity index (χ4v) is 3.79. The number of benzene rings is 1.